The van der Waals surface area contributed by atoms with Gasteiger partial charge in [-0.15, -0.1) is 0 Å². The van der Waals surface area contributed by atoms with Crippen LogP contribution in [0.1, 0.15) is 28.8 Å². The lowest BCUT2D eigenvalue weighted by atomic mass is 9.61. The van der Waals surface area contributed by atoms with Gasteiger partial charge in [-0.05, 0) is 29.8 Å². The van der Waals surface area contributed by atoms with Gasteiger partial charge in [0.15, 0.2) is 34.7 Å². The highest BCUT2D eigenvalue weighted by atomic mass is 16.7. The largest absolute Gasteiger partial charge is 0.481 e. The number of fused-ring (bicyclic) bond motifs is 4. The number of pyridine rings is 1. The minimum Gasteiger partial charge on any atom is -0.481 e. The molecular weight excluding hydrogens is 418 g/mol. The van der Waals surface area contributed by atoms with E-state index < -0.39 is 35.7 Å². The van der Waals surface area contributed by atoms with Gasteiger partial charge in [0, 0.05) is 11.6 Å². The predicted octanol–water partition coefficient (Wildman–Crippen LogP) is 2.03. The first kappa shape index (κ1) is 17.6. The normalized spacial score (nSPS) is 25.5. The van der Waals surface area contributed by atoms with E-state index in [0.29, 0.717) is 23.0 Å². The molecule has 8 rings (SSSR count). The standard InChI is InChI=1S/C23H15NO8/c25-22(26)19-18-10-4-15-16(31-8-30-15)5-11(10)21(20(19)23(27)28)24-12(18)2-1-9-3-14-17(6-13(9)24)32-7-29-14/h1-6,18-21H,7-8H2,(H-,25,26,27,28)/p+1/t18-,19+,20-,21-/m1/s1. The molecule has 160 valence electrons. The van der Waals surface area contributed by atoms with E-state index in [0.717, 1.165) is 27.7 Å². The van der Waals surface area contributed by atoms with Crippen molar-refractivity contribution in [3.05, 3.63) is 53.2 Å². The summed E-state index contributed by atoms with van der Waals surface area (Å²) in [5.74, 6) is -2.92. The maximum atomic E-state index is 12.5. The van der Waals surface area contributed by atoms with E-state index in [9.17, 15) is 19.8 Å². The maximum absolute atomic E-state index is 12.5. The third-order valence-corrected chi connectivity index (χ3v) is 6.98. The molecule has 32 heavy (non-hydrogen) atoms. The number of carbonyl (C=O) groups is 2. The first-order valence-corrected chi connectivity index (χ1v) is 10.2. The first-order valence-electron chi connectivity index (χ1n) is 10.2. The van der Waals surface area contributed by atoms with Gasteiger partial charge in [-0.2, -0.15) is 4.57 Å². The van der Waals surface area contributed by atoms with Gasteiger partial charge in [0.05, 0.1) is 23.3 Å². The Labute approximate surface area is 180 Å². The fraction of sp³-hybridized carbons (Fsp3) is 0.261. The highest BCUT2D eigenvalue weighted by Gasteiger charge is 2.62. The molecular formula is C23H16NO8+. The van der Waals surface area contributed by atoms with Crippen molar-refractivity contribution in [1.82, 2.24) is 0 Å². The van der Waals surface area contributed by atoms with Crippen LogP contribution in [0, 0.1) is 11.8 Å². The van der Waals surface area contributed by atoms with Gasteiger partial charge < -0.3 is 29.2 Å². The second-order valence-electron chi connectivity index (χ2n) is 8.38. The minimum atomic E-state index is -1.15. The summed E-state index contributed by atoms with van der Waals surface area (Å²) in [5, 5.41) is 21.1. The van der Waals surface area contributed by atoms with Crippen LogP contribution >= 0.6 is 0 Å². The summed E-state index contributed by atoms with van der Waals surface area (Å²) < 4.78 is 24.1. The highest BCUT2D eigenvalue weighted by molar-refractivity contribution is 5.85. The number of hydrogen-bond acceptors (Lipinski definition) is 6. The number of carboxylic acid groups (broad SMARTS) is 2. The van der Waals surface area contributed by atoms with E-state index in [2.05, 4.69) is 0 Å². The molecule has 1 aliphatic carbocycles. The molecule has 0 saturated carbocycles. The number of ether oxygens (including phenoxy) is 4. The average molecular weight is 434 g/mol. The zero-order chi connectivity index (χ0) is 21.7. The Morgan fingerprint density at radius 1 is 0.781 bits per heavy atom. The summed E-state index contributed by atoms with van der Waals surface area (Å²) in [6.45, 7) is 0.195. The van der Waals surface area contributed by atoms with Crippen LogP contribution in [0.3, 0.4) is 0 Å². The van der Waals surface area contributed by atoms with Crippen molar-refractivity contribution in [2.45, 2.75) is 12.0 Å². The Morgan fingerprint density at radius 2 is 1.38 bits per heavy atom. The van der Waals surface area contributed by atoms with Crippen LogP contribution in [0.15, 0.2) is 36.4 Å². The van der Waals surface area contributed by atoms with Crippen molar-refractivity contribution >= 4 is 22.8 Å². The van der Waals surface area contributed by atoms with Crippen molar-refractivity contribution in [2.75, 3.05) is 13.6 Å². The van der Waals surface area contributed by atoms with Gasteiger partial charge in [0.1, 0.15) is 5.92 Å². The molecule has 5 heterocycles. The topological polar surface area (TPSA) is 115 Å². The average Bonchev–Trinajstić information content (AvgIpc) is 3.43. The van der Waals surface area contributed by atoms with Gasteiger partial charge in [0.25, 0.3) is 0 Å². The number of benzene rings is 2. The quantitative estimate of drug-likeness (QED) is 0.589. The van der Waals surface area contributed by atoms with E-state index in [1.165, 1.54) is 0 Å². The second-order valence-corrected chi connectivity index (χ2v) is 8.38. The maximum Gasteiger partial charge on any atom is 0.314 e. The molecule has 9 nitrogen and oxygen atoms in total. The molecule has 2 bridgehead atoms. The first-order chi connectivity index (χ1) is 15.5. The molecule has 0 fully saturated rings. The molecule has 5 aliphatic rings. The van der Waals surface area contributed by atoms with E-state index in [1.807, 2.05) is 28.8 Å². The van der Waals surface area contributed by atoms with Crippen molar-refractivity contribution in [3.63, 3.8) is 0 Å². The van der Waals surface area contributed by atoms with E-state index >= 15 is 0 Å². The van der Waals surface area contributed by atoms with Gasteiger partial charge in [-0.3, -0.25) is 9.59 Å². The van der Waals surface area contributed by atoms with Gasteiger partial charge >= 0.3 is 11.9 Å². The van der Waals surface area contributed by atoms with Crippen molar-refractivity contribution < 1.29 is 43.3 Å². The molecule has 0 saturated heterocycles. The number of nitrogens with zero attached hydrogens (tertiary/aromatic N) is 1. The van der Waals surface area contributed by atoms with Crippen LogP contribution in [0.2, 0.25) is 0 Å². The molecule has 0 spiro atoms. The Bertz CT molecular complexity index is 1380. The molecule has 4 aliphatic heterocycles. The SMILES string of the molecule is O=C(O)[C@@H]1[C@@H](C(=O)O)[C@@H]2c3cc4c(cc3[C@H]1[n+]1c2ccc2cc3c(cc21)OCO3)OCO4. The molecule has 0 radical (unpaired) electrons. The summed E-state index contributed by atoms with van der Waals surface area (Å²) in [7, 11) is 0. The van der Waals surface area contributed by atoms with Crippen LogP contribution in [-0.2, 0) is 9.59 Å². The van der Waals surface area contributed by atoms with Crippen molar-refractivity contribution in [1.29, 1.82) is 0 Å². The van der Waals surface area contributed by atoms with Crippen molar-refractivity contribution in [3.8, 4) is 23.0 Å². The third-order valence-electron chi connectivity index (χ3n) is 6.98. The van der Waals surface area contributed by atoms with E-state index in [4.69, 9.17) is 18.9 Å². The number of aliphatic carboxylic acids is 2. The summed E-state index contributed by atoms with van der Waals surface area (Å²) in [6.07, 6.45) is 0. The minimum absolute atomic E-state index is 0.0742. The molecule has 0 amide bonds. The predicted molar refractivity (Wildman–Crippen MR) is 105 cm³/mol. The Morgan fingerprint density at radius 3 is 2.03 bits per heavy atom. The molecule has 1 aromatic heterocycles. The van der Waals surface area contributed by atoms with Crippen LogP contribution in [0.4, 0.5) is 0 Å². The summed E-state index contributed by atoms with van der Waals surface area (Å²) in [4.78, 5) is 24.8. The summed E-state index contributed by atoms with van der Waals surface area (Å²) in [5.41, 5.74) is 3.02. The summed E-state index contributed by atoms with van der Waals surface area (Å²) >= 11 is 0. The lowest BCUT2D eigenvalue weighted by Crippen LogP contribution is -2.62. The number of rotatable bonds is 2. The Balaban J connectivity index is 1.58. The van der Waals surface area contributed by atoms with Crippen LogP contribution in [-0.4, -0.2) is 35.7 Å². The molecule has 2 aromatic carbocycles. The zero-order valence-electron chi connectivity index (χ0n) is 16.5. The second kappa shape index (κ2) is 5.82. The number of hydrogen-bond donors (Lipinski definition) is 2. The lowest BCUT2D eigenvalue weighted by molar-refractivity contribution is -0.713. The highest BCUT2D eigenvalue weighted by Crippen LogP contribution is 2.55. The van der Waals surface area contributed by atoms with Crippen LogP contribution in [0.5, 0.6) is 23.0 Å². The molecule has 3 aromatic rings. The molecule has 4 atom stereocenters. The Hall–Kier alpha value is -4.01. The van der Waals surface area contributed by atoms with Gasteiger partial charge in [-0.1, -0.05) is 0 Å². The number of aromatic nitrogens is 1. The zero-order valence-corrected chi connectivity index (χ0v) is 16.5. The lowest BCUT2D eigenvalue weighted by Gasteiger charge is -2.42. The molecule has 0 unspecified atom stereocenters. The fourth-order valence-corrected chi connectivity index (χ4v) is 5.76. The van der Waals surface area contributed by atoms with Crippen LogP contribution in [0.25, 0.3) is 10.9 Å². The Kier molecular flexibility index (Phi) is 3.21. The van der Waals surface area contributed by atoms with Gasteiger partial charge in [0.2, 0.25) is 19.1 Å². The molecule has 2 N–H and O–H groups in total. The third kappa shape index (κ3) is 2.05. The smallest absolute Gasteiger partial charge is 0.314 e. The number of carboxylic acids is 2. The van der Waals surface area contributed by atoms with Crippen LogP contribution < -0.4 is 23.5 Å². The molecule has 9 heteroatoms. The van der Waals surface area contributed by atoms with E-state index in [-0.39, 0.29) is 13.6 Å². The monoisotopic (exact) mass is 434 g/mol. The van der Waals surface area contributed by atoms with Gasteiger partial charge in [-0.25, -0.2) is 0 Å². The van der Waals surface area contributed by atoms with Crippen molar-refractivity contribution in [2.24, 2.45) is 11.8 Å². The fourth-order valence-electron chi connectivity index (χ4n) is 5.76. The summed E-state index contributed by atoms with van der Waals surface area (Å²) in [6, 6.07) is 10.3. The van der Waals surface area contributed by atoms with E-state index in [1.54, 1.807) is 12.1 Å².